The highest BCUT2D eigenvalue weighted by Gasteiger charge is 2.41. The number of likely N-dealkylation sites (tertiary alicyclic amines) is 1. The standard InChI is InChI=1S/C14H15Cl2NO3/c15-10-1-2-11(12(16)9-10)13(18)17-5-3-14(4-6-17)19-7-8-20-14/h1-2,9H,3-8H2. The predicted octanol–water partition coefficient (Wildman–Crippen LogP) is 2.97. The van der Waals surface area contributed by atoms with E-state index in [1.807, 2.05) is 0 Å². The highest BCUT2D eigenvalue weighted by Crippen LogP contribution is 2.32. The van der Waals surface area contributed by atoms with E-state index in [2.05, 4.69) is 0 Å². The molecule has 3 rings (SSSR count). The molecule has 108 valence electrons. The molecule has 2 aliphatic rings. The summed E-state index contributed by atoms with van der Waals surface area (Å²) in [7, 11) is 0. The third-order valence-electron chi connectivity index (χ3n) is 3.79. The van der Waals surface area contributed by atoms with Gasteiger partial charge in [-0.05, 0) is 18.2 Å². The first kappa shape index (κ1) is 14.1. The molecule has 20 heavy (non-hydrogen) atoms. The van der Waals surface area contributed by atoms with Gasteiger partial charge in [0.1, 0.15) is 0 Å². The number of nitrogens with zero attached hydrogens (tertiary/aromatic N) is 1. The maximum Gasteiger partial charge on any atom is 0.255 e. The number of hydrogen-bond acceptors (Lipinski definition) is 3. The average molecular weight is 316 g/mol. The summed E-state index contributed by atoms with van der Waals surface area (Å²) in [6.07, 6.45) is 1.40. The van der Waals surface area contributed by atoms with E-state index in [-0.39, 0.29) is 5.91 Å². The molecular formula is C14H15Cl2NO3. The second-order valence-electron chi connectivity index (χ2n) is 5.02. The van der Waals surface area contributed by atoms with Gasteiger partial charge in [0, 0.05) is 31.0 Å². The SMILES string of the molecule is O=C(c1ccc(Cl)cc1Cl)N1CCC2(CC1)OCCO2. The number of amides is 1. The van der Waals surface area contributed by atoms with Gasteiger partial charge >= 0.3 is 0 Å². The van der Waals surface area contributed by atoms with Crippen LogP contribution in [0.15, 0.2) is 18.2 Å². The minimum absolute atomic E-state index is 0.0699. The van der Waals surface area contributed by atoms with Gasteiger partial charge in [-0.25, -0.2) is 0 Å². The molecular weight excluding hydrogens is 301 g/mol. The largest absolute Gasteiger partial charge is 0.347 e. The highest BCUT2D eigenvalue weighted by molar-refractivity contribution is 6.36. The summed E-state index contributed by atoms with van der Waals surface area (Å²) in [5.41, 5.74) is 0.486. The Labute approximate surface area is 127 Å². The molecule has 0 saturated carbocycles. The van der Waals surface area contributed by atoms with Gasteiger partial charge in [-0.15, -0.1) is 0 Å². The van der Waals surface area contributed by atoms with E-state index in [9.17, 15) is 4.79 Å². The molecule has 0 aromatic heterocycles. The molecule has 0 aliphatic carbocycles. The summed E-state index contributed by atoms with van der Waals surface area (Å²) in [6, 6.07) is 4.93. The Kier molecular flexibility index (Phi) is 3.91. The Morgan fingerprint density at radius 3 is 2.40 bits per heavy atom. The monoisotopic (exact) mass is 315 g/mol. The van der Waals surface area contributed by atoms with Crippen LogP contribution in [0.2, 0.25) is 10.0 Å². The van der Waals surface area contributed by atoms with E-state index in [0.717, 1.165) is 0 Å². The Morgan fingerprint density at radius 2 is 1.80 bits per heavy atom. The third-order valence-corrected chi connectivity index (χ3v) is 4.34. The molecule has 0 radical (unpaired) electrons. The Balaban J connectivity index is 1.69. The molecule has 0 N–H and O–H groups in total. The summed E-state index contributed by atoms with van der Waals surface area (Å²) in [6.45, 7) is 2.49. The number of carbonyl (C=O) groups excluding carboxylic acids is 1. The van der Waals surface area contributed by atoms with Crippen LogP contribution in [0.4, 0.5) is 0 Å². The van der Waals surface area contributed by atoms with Crippen molar-refractivity contribution in [2.75, 3.05) is 26.3 Å². The number of hydrogen-bond donors (Lipinski definition) is 0. The van der Waals surface area contributed by atoms with Crippen LogP contribution in [-0.4, -0.2) is 42.9 Å². The summed E-state index contributed by atoms with van der Waals surface area (Å²) >= 11 is 11.9. The number of ether oxygens (including phenoxy) is 2. The van der Waals surface area contributed by atoms with E-state index in [4.69, 9.17) is 32.7 Å². The maximum atomic E-state index is 12.5. The molecule has 1 aromatic rings. The summed E-state index contributed by atoms with van der Waals surface area (Å²) in [4.78, 5) is 14.2. The molecule has 2 fully saturated rings. The Hall–Kier alpha value is -0.810. The van der Waals surface area contributed by atoms with Crippen LogP contribution in [0.5, 0.6) is 0 Å². The van der Waals surface area contributed by atoms with Crippen LogP contribution in [0.3, 0.4) is 0 Å². The lowest BCUT2D eigenvalue weighted by molar-refractivity contribution is -0.181. The van der Waals surface area contributed by atoms with Gasteiger partial charge in [0.15, 0.2) is 5.79 Å². The van der Waals surface area contributed by atoms with Crippen molar-refractivity contribution in [3.05, 3.63) is 33.8 Å². The smallest absolute Gasteiger partial charge is 0.255 e. The Bertz CT molecular complexity index is 519. The molecule has 1 spiro atoms. The second-order valence-corrected chi connectivity index (χ2v) is 5.87. The first-order valence-corrected chi connectivity index (χ1v) is 7.37. The number of benzene rings is 1. The summed E-state index contributed by atoms with van der Waals surface area (Å²) < 4.78 is 11.3. The lowest BCUT2D eigenvalue weighted by atomic mass is 10.0. The molecule has 0 atom stereocenters. The van der Waals surface area contributed by atoms with Crippen molar-refractivity contribution in [3.8, 4) is 0 Å². The Morgan fingerprint density at radius 1 is 1.15 bits per heavy atom. The molecule has 1 aromatic carbocycles. The molecule has 0 unspecified atom stereocenters. The van der Waals surface area contributed by atoms with E-state index < -0.39 is 5.79 Å². The summed E-state index contributed by atoms with van der Waals surface area (Å²) in [5, 5.41) is 0.910. The van der Waals surface area contributed by atoms with E-state index in [0.29, 0.717) is 54.8 Å². The maximum absolute atomic E-state index is 12.5. The third kappa shape index (κ3) is 2.66. The normalized spacial score (nSPS) is 21.4. The van der Waals surface area contributed by atoms with Crippen LogP contribution in [-0.2, 0) is 9.47 Å². The topological polar surface area (TPSA) is 38.8 Å². The lowest BCUT2D eigenvalue weighted by Gasteiger charge is -2.37. The van der Waals surface area contributed by atoms with Gasteiger partial charge in [0.2, 0.25) is 0 Å². The van der Waals surface area contributed by atoms with Crippen molar-refractivity contribution in [1.29, 1.82) is 0 Å². The first-order valence-electron chi connectivity index (χ1n) is 6.62. The van der Waals surface area contributed by atoms with Gasteiger partial charge < -0.3 is 14.4 Å². The molecule has 1 amide bonds. The zero-order valence-electron chi connectivity index (χ0n) is 10.9. The van der Waals surface area contributed by atoms with Crippen molar-refractivity contribution < 1.29 is 14.3 Å². The quantitative estimate of drug-likeness (QED) is 0.799. The van der Waals surface area contributed by atoms with Gasteiger partial charge in [-0.3, -0.25) is 4.79 Å². The number of rotatable bonds is 1. The van der Waals surface area contributed by atoms with E-state index in [1.165, 1.54) is 0 Å². The van der Waals surface area contributed by atoms with Crippen molar-refractivity contribution in [2.45, 2.75) is 18.6 Å². The fourth-order valence-corrected chi connectivity index (χ4v) is 3.16. The first-order chi connectivity index (χ1) is 9.60. The van der Waals surface area contributed by atoms with Crippen molar-refractivity contribution >= 4 is 29.1 Å². The number of piperidine rings is 1. The zero-order valence-corrected chi connectivity index (χ0v) is 12.4. The molecule has 6 heteroatoms. The second kappa shape index (κ2) is 5.53. The van der Waals surface area contributed by atoms with Crippen LogP contribution in [0.25, 0.3) is 0 Å². The molecule has 2 heterocycles. The van der Waals surface area contributed by atoms with Crippen molar-refractivity contribution in [2.24, 2.45) is 0 Å². The fraction of sp³-hybridized carbons (Fsp3) is 0.500. The average Bonchev–Trinajstić information content (AvgIpc) is 2.87. The van der Waals surface area contributed by atoms with Crippen LogP contribution >= 0.6 is 23.2 Å². The van der Waals surface area contributed by atoms with Crippen LogP contribution in [0, 0.1) is 0 Å². The van der Waals surface area contributed by atoms with Crippen LogP contribution < -0.4 is 0 Å². The zero-order chi connectivity index (χ0) is 14.2. The highest BCUT2D eigenvalue weighted by atomic mass is 35.5. The molecule has 2 saturated heterocycles. The van der Waals surface area contributed by atoms with Crippen molar-refractivity contribution in [3.63, 3.8) is 0 Å². The molecule has 2 aliphatic heterocycles. The van der Waals surface area contributed by atoms with E-state index >= 15 is 0 Å². The number of carbonyl (C=O) groups is 1. The van der Waals surface area contributed by atoms with Crippen LogP contribution in [0.1, 0.15) is 23.2 Å². The minimum atomic E-state index is -0.472. The molecule has 4 nitrogen and oxygen atoms in total. The fourth-order valence-electron chi connectivity index (χ4n) is 2.67. The van der Waals surface area contributed by atoms with Gasteiger partial charge in [0.05, 0.1) is 23.8 Å². The lowest BCUT2D eigenvalue weighted by Crippen LogP contribution is -2.47. The van der Waals surface area contributed by atoms with Gasteiger partial charge in [-0.1, -0.05) is 23.2 Å². The van der Waals surface area contributed by atoms with E-state index in [1.54, 1.807) is 23.1 Å². The van der Waals surface area contributed by atoms with Gasteiger partial charge in [-0.2, -0.15) is 0 Å². The minimum Gasteiger partial charge on any atom is -0.347 e. The van der Waals surface area contributed by atoms with Crippen molar-refractivity contribution in [1.82, 2.24) is 4.90 Å². The molecule has 0 bridgehead atoms. The van der Waals surface area contributed by atoms with Gasteiger partial charge in [0.25, 0.3) is 5.91 Å². The number of halogens is 2. The summed E-state index contributed by atoms with van der Waals surface area (Å²) in [5.74, 6) is -0.542. The predicted molar refractivity (Wildman–Crippen MR) is 76.2 cm³/mol.